The molecule has 4 nitrogen and oxygen atoms in total. The fourth-order valence-corrected chi connectivity index (χ4v) is 2.55. The molecule has 3 unspecified atom stereocenters. The first-order valence-corrected chi connectivity index (χ1v) is 6.83. The van der Waals surface area contributed by atoms with Gasteiger partial charge < -0.3 is 16.2 Å². The van der Waals surface area contributed by atoms with E-state index in [0.29, 0.717) is 6.42 Å². The Morgan fingerprint density at radius 1 is 1.37 bits per heavy atom. The van der Waals surface area contributed by atoms with Crippen molar-refractivity contribution >= 4 is 5.91 Å². The van der Waals surface area contributed by atoms with Crippen LogP contribution in [0.1, 0.15) is 38.2 Å². The second kappa shape index (κ2) is 5.72. The summed E-state index contributed by atoms with van der Waals surface area (Å²) in [6.07, 6.45) is 2.99. The fraction of sp³-hybridized carbons (Fsp3) is 0.533. The van der Waals surface area contributed by atoms with Crippen molar-refractivity contribution in [1.29, 1.82) is 0 Å². The largest absolute Gasteiger partial charge is 0.393 e. The lowest BCUT2D eigenvalue weighted by Crippen LogP contribution is -2.53. The van der Waals surface area contributed by atoms with Crippen molar-refractivity contribution in [2.24, 2.45) is 5.73 Å². The predicted molar refractivity (Wildman–Crippen MR) is 74.4 cm³/mol. The standard InChI is InChI=1S/C15H22N2O2/c1-15(16,11-6-3-2-4-7-11)14(19)17-12-8-5-9-13(18)10-12/h2-4,6-7,12-13,18H,5,8-10,16H2,1H3,(H,17,19). The lowest BCUT2D eigenvalue weighted by atomic mass is 9.89. The van der Waals surface area contributed by atoms with E-state index in [1.54, 1.807) is 6.92 Å². The van der Waals surface area contributed by atoms with Gasteiger partial charge in [-0.25, -0.2) is 0 Å². The van der Waals surface area contributed by atoms with E-state index in [9.17, 15) is 9.90 Å². The molecule has 1 saturated carbocycles. The highest BCUT2D eigenvalue weighted by atomic mass is 16.3. The van der Waals surface area contributed by atoms with Crippen LogP contribution in [0, 0.1) is 0 Å². The van der Waals surface area contributed by atoms with Crippen LogP contribution in [0.15, 0.2) is 30.3 Å². The highest BCUT2D eigenvalue weighted by Gasteiger charge is 2.32. The first-order valence-electron chi connectivity index (χ1n) is 6.83. The third-order valence-corrected chi connectivity index (χ3v) is 3.83. The van der Waals surface area contributed by atoms with Crippen molar-refractivity contribution in [3.8, 4) is 0 Å². The Hall–Kier alpha value is -1.39. The van der Waals surface area contributed by atoms with Crippen molar-refractivity contribution < 1.29 is 9.90 Å². The third-order valence-electron chi connectivity index (χ3n) is 3.83. The molecule has 0 heterocycles. The average molecular weight is 262 g/mol. The maximum Gasteiger partial charge on any atom is 0.244 e. The Kier molecular flexibility index (Phi) is 4.22. The van der Waals surface area contributed by atoms with Crippen LogP contribution in [0.2, 0.25) is 0 Å². The molecule has 104 valence electrons. The molecule has 1 aliphatic carbocycles. The lowest BCUT2D eigenvalue weighted by Gasteiger charge is -2.31. The zero-order valence-electron chi connectivity index (χ0n) is 11.3. The van der Waals surface area contributed by atoms with Crippen molar-refractivity contribution in [1.82, 2.24) is 5.32 Å². The number of aliphatic hydroxyl groups excluding tert-OH is 1. The van der Waals surface area contributed by atoms with E-state index in [-0.39, 0.29) is 18.1 Å². The average Bonchev–Trinajstić information content (AvgIpc) is 2.39. The van der Waals surface area contributed by atoms with Gasteiger partial charge in [-0.2, -0.15) is 0 Å². The summed E-state index contributed by atoms with van der Waals surface area (Å²) in [6, 6.07) is 9.39. The van der Waals surface area contributed by atoms with Gasteiger partial charge in [-0.1, -0.05) is 30.3 Å². The maximum atomic E-state index is 12.3. The van der Waals surface area contributed by atoms with Crippen LogP contribution in [0.4, 0.5) is 0 Å². The highest BCUT2D eigenvalue weighted by molar-refractivity contribution is 5.87. The van der Waals surface area contributed by atoms with Crippen molar-refractivity contribution in [2.45, 2.75) is 50.3 Å². The molecule has 0 aliphatic heterocycles. The molecule has 1 fully saturated rings. The quantitative estimate of drug-likeness (QED) is 0.768. The molecule has 4 N–H and O–H groups in total. The molecule has 4 heteroatoms. The zero-order chi connectivity index (χ0) is 13.9. The monoisotopic (exact) mass is 262 g/mol. The number of carbonyl (C=O) groups is 1. The van der Waals surface area contributed by atoms with Gasteiger partial charge >= 0.3 is 0 Å². The van der Waals surface area contributed by atoms with Crippen LogP contribution in [-0.4, -0.2) is 23.2 Å². The minimum absolute atomic E-state index is 0.0304. The normalized spacial score (nSPS) is 26.5. The van der Waals surface area contributed by atoms with Crippen LogP contribution in [-0.2, 0) is 10.3 Å². The van der Waals surface area contributed by atoms with E-state index in [1.807, 2.05) is 30.3 Å². The Morgan fingerprint density at radius 3 is 2.68 bits per heavy atom. The highest BCUT2D eigenvalue weighted by Crippen LogP contribution is 2.21. The summed E-state index contributed by atoms with van der Waals surface area (Å²) in [5, 5.41) is 12.6. The van der Waals surface area contributed by atoms with Gasteiger partial charge in [-0.3, -0.25) is 4.79 Å². The molecule has 0 aromatic heterocycles. The topological polar surface area (TPSA) is 75.4 Å². The second-order valence-corrected chi connectivity index (χ2v) is 5.56. The minimum atomic E-state index is -1.04. The third kappa shape index (κ3) is 3.33. The van der Waals surface area contributed by atoms with E-state index in [1.165, 1.54) is 0 Å². The Balaban J connectivity index is 2.02. The molecule has 0 spiro atoms. The number of rotatable bonds is 3. The summed E-state index contributed by atoms with van der Waals surface area (Å²) < 4.78 is 0. The smallest absolute Gasteiger partial charge is 0.244 e. The first-order chi connectivity index (χ1) is 9.00. The molecule has 0 radical (unpaired) electrons. The van der Waals surface area contributed by atoms with Gasteiger partial charge in [-0.15, -0.1) is 0 Å². The van der Waals surface area contributed by atoms with Crippen molar-refractivity contribution in [3.63, 3.8) is 0 Å². The molecule has 1 aromatic rings. The molecule has 3 atom stereocenters. The summed E-state index contributed by atoms with van der Waals surface area (Å²) in [4.78, 5) is 12.3. The molecular formula is C15H22N2O2. The number of amides is 1. The number of hydrogen-bond acceptors (Lipinski definition) is 3. The number of nitrogens with one attached hydrogen (secondary N) is 1. The van der Waals surface area contributed by atoms with E-state index in [0.717, 1.165) is 24.8 Å². The second-order valence-electron chi connectivity index (χ2n) is 5.56. The van der Waals surface area contributed by atoms with Crippen LogP contribution >= 0.6 is 0 Å². The van der Waals surface area contributed by atoms with Gasteiger partial charge in [0.05, 0.1) is 6.10 Å². The van der Waals surface area contributed by atoms with Crippen LogP contribution < -0.4 is 11.1 Å². The molecule has 0 bridgehead atoms. The molecule has 2 rings (SSSR count). The number of carbonyl (C=O) groups excluding carboxylic acids is 1. The van der Waals surface area contributed by atoms with Crippen molar-refractivity contribution in [3.05, 3.63) is 35.9 Å². The molecule has 0 saturated heterocycles. The van der Waals surface area contributed by atoms with E-state index < -0.39 is 5.54 Å². The van der Waals surface area contributed by atoms with E-state index >= 15 is 0 Å². The van der Waals surface area contributed by atoms with Crippen molar-refractivity contribution in [2.75, 3.05) is 0 Å². The molecule has 1 amide bonds. The molecule has 19 heavy (non-hydrogen) atoms. The van der Waals surface area contributed by atoms with E-state index in [4.69, 9.17) is 5.73 Å². The van der Waals surface area contributed by atoms with Crippen LogP contribution in [0.3, 0.4) is 0 Å². The van der Waals surface area contributed by atoms with Gasteiger partial charge in [0.25, 0.3) is 0 Å². The summed E-state index contributed by atoms with van der Waals surface area (Å²) in [5.41, 5.74) is 5.92. The van der Waals surface area contributed by atoms with Gasteiger partial charge in [-0.05, 0) is 38.2 Å². The fourth-order valence-electron chi connectivity index (χ4n) is 2.55. The van der Waals surface area contributed by atoms with Gasteiger partial charge in [0.1, 0.15) is 5.54 Å². The zero-order valence-corrected chi connectivity index (χ0v) is 11.3. The van der Waals surface area contributed by atoms with Gasteiger partial charge in [0.15, 0.2) is 0 Å². The number of aliphatic hydroxyl groups is 1. The molecule has 1 aliphatic rings. The van der Waals surface area contributed by atoms with Gasteiger partial charge in [0.2, 0.25) is 5.91 Å². The maximum absolute atomic E-state index is 12.3. The SMILES string of the molecule is CC(N)(C(=O)NC1CCCC(O)C1)c1ccccc1. The summed E-state index contributed by atoms with van der Waals surface area (Å²) in [5.74, 6) is -0.183. The van der Waals surface area contributed by atoms with E-state index in [2.05, 4.69) is 5.32 Å². The summed E-state index contributed by atoms with van der Waals surface area (Å²) >= 11 is 0. The Bertz CT molecular complexity index is 431. The Morgan fingerprint density at radius 2 is 2.05 bits per heavy atom. The van der Waals surface area contributed by atoms with Crippen LogP contribution in [0.5, 0.6) is 0 Å². The number of hydrogen-bond donors (Lipinski definition) is 3. The lowest BCUT2D eigenvalue weighted by molar-refractivity contribution is -0.127. The first kappa shape index (κ1) is 14.0. The Labute approximate surface area is 114 Å². The number of benzene rings is 1. The van der Waals surface area contributed by atoms with Crippen LogP contribution in [0.25, 0.3) is 0 Å². The molecular weight excluding hydrogens is 240 g/mol. The van der Waals surface area contributed by atoms with Gasteiger partial charge in [0, 0.05) is 6.04 Å². The summed E-state index contributed by atoms with van der Waals surface area (Å²) in [6.45, 7) is 1.72. The predicted octanol–water partition coefficient (Wildman–Crippen LogP) is 1.28. The summed E-state index contributed by atoms with van der Waals surface area (Å²) in [7, 11) is 0. The number of nitrogens with two attached hydrogens (primary N) is 1. The minimum Gasteiger partial charge on any atom is -0.393 e. The molecule has 1 aromatic carbocycles.